The molecule has 0 bridgehead atoms. The highest BCUT2D eigenvalue weighted by Crippen LogP contribution is 2.24. The Bertz CT molecular complexity index is 1200. The maximum Gasteiger partial charge on any atom is 0.160 e. The molecule has 1 saturated heterocycles. The van der Waals surface area contributed by atoms with E-state index in [4.69, 9.17) is 9.72 Å². The molecule has 200 valence electrons. The van der Waals surface area contributed by atoms with Crippen molar-refractivity contribution in [3.63, 3.8) is 0 Å². The van der Waals surface area contributed by atoms with Gasteiger partial charge in [0.25, 0.3) is 0 Å². The van der Waals surface area contributed by atoms with Gasteiger partial charge < -0.3 is 14.2 Å². The van der Waals surface area contributed by atoms with Gasteiger partial charge in [-0.15, -0.1) is 37.2 Å². The van der Waals surface area contributed by atoms with Gasteiger partial charge >= 0.3 is 0 Å². The number of imidazole rings is 1. The van der Waals surface area contributed by atoms with Gasteiger partial charge in [-0.3, -0.25) is 4.98 Å². The molecule has 0 N–H and O–H groups in total. The smallest absolute Gasteiger partial charge is 0.160 e. The summed E-state index contributed by atoms with van der Waals surface area (Å²) >= 11 is 0. The van der Waals surface area contributed by atoms with Crippen LogP contribution in [-0.4, -0.2) is 50.7 Å². The lowest BCUT2D eigenvalue weighted by Crippen LogP contribution is -2.36. The van der Waals surface area contributed by atoms with Crippen molar-refractivity contribution in [1.29, 1.82) is 0 Å². The quantitative estimate of drug-likeness (QED) is 0.241. The summed E-state index contributed by atoms with van der Waals surface area (Å²) in [6.45, 7) is 5.04. The molecule has 0 saturated carbocycles. The minimum atomic E-state index is -0.216. The first kappa shape index (κ1) is 30.9. The lowest BCUT2D eigenvalue weighted by Gasteiger charge is -2.31. The molecule has 0 unspecified atom stereocenters. The first-order valence-corrected chi connectivity index (χ1v) is 12.0. The zero-order chi connectivity index (χ0) is 23.2. The predicted octanol–water partition coefficient (Wildman–Crippen LogP) is 5.75. The molecule has 0 atom stereocenters. The third-order valence-corrected chi connectivity index (χ3v) is 6.54. The van der Waals surface area contributed by atoms with Crippen molar-refractivity contribution in [2.45, 2.75) is 32.4 Å². The van der Waals surface area contributed by atoms with Crippen molar-refractivity contribution in [3.05, 3.63) is 89.9 Å². The van der Waals surface area contributed by atoms with Gasteiger partial charge in [-0.2, -0.15) is 0 Å². The van der Waals surface area contributed by atoms with E-state index in [-0.39, 0.29) is 43.0 Å². The molecule has 1 aliphatic heterocycles. The van der Waals surface area contributed by atoms with Gasteiger partial charge in [-0.05, 0) is 73.8 Å². The fourth-order valence-corrected chi connectivity index (χ4v) is 4.63. The van der Waals surface area contributed by atoms with Crippen LogP contribution in [0.3, 0.4) is 0 Å². The fourth-order valence-electron chi connectivity index (χ4n) is 4.63. The summed E-state index contributed by atoms with van der Waals surface area (Å²) in [6, 6.07) is 16.5. The molecule has 1 aliphatic rings. The van der Waals surface area contributed by atoms with Crippen LogP contribution in [0.15, 0.2) is 67.0 Å². The Labute approximate surface area is 235 Å². The van der Waals surface area contributed by atoms with Crippen LogP contribution in [0.2, 0.25) is 0 Å². The van der Waals surface area contributed by atoms with Crippen LogP contribution in [0.4, 0.5) is 4.39 Å². The first-order valence-electron chi connectivity index (χ1n) is 12.0. The van der Waals surface area contributed by atoms with Crippen LogP contribution in [-0.2, 0) is 24.3 Å². The number of pyridine rings is 2. The molecule has 1 aromatic carbocycles. The van der Waals surface area contributed by atoms with Crippen LogP contribution >= 0.6 is 37.2 Å². The summed E-state index contributed by atoms with van der Waals surface area (Å²) in [4.78, 5) is 16.3. The van der Waals surface area contributed by atoms with Gasteiger partial charge in [-0.1, -0.05) is 18.2 Å². The van der Waals surface area contributed by atoms with Crippen molar-refractivity contribution in [1.82, 2.24) is 24.4 Å². The Morgan fingerprint density at radius 2 is 1.65 bits per heavy atom. The van der Waals surface area contributed by atoms with Crippen molar-refractivity contribution >= 4 is 48.4 Å². The molecule has 0 spiro atoms. The minimum Gasteiger partial charge on any atom is -0.374 e. The SMILES string of the molecule is Cl.Cl.Cl.Fc1ccc(Cn2c(CC3CCN(CCOCc4ccccn4)CC3)nc3cccnc32)cc1. The number of benzene rings is 1. The molecular weight excluding hydrogens is 536 g/mol. The summed E-state index contributed by atoms with van der Waals surface area (Å²) in [5.74, 6) is 1.44. The molecule has 6 nitrogen and oxygen atoms in total. The first-order chi connectivity index (χ1) is 16.7. The molecule has 4 heterocycles. The second kappa shape index (κ2) is 15.2. The number of fused-ring (bicyclic) bond motifs is 1. The predicted molar refractivity (Wildman–Crippen MR) is 152 cm³/mol. The standard InChI is InChI=1S/C27H30FN5O.3ClH/c28-23-8-6-22(7-9-23)19-33-26(31-25-5-3-13-30-27(25)33)18-21-10-14-32(15-11-21)16-17-34-20-24-4-1-2-12-29-24;;;/h1-9,12-13,21H,10-11,14-20H2;3*1H. The van der Waals surface area contributed by atoms with E-state index in [1.165, 1.54) is 12.1 Å². The van der Waals surface area contributed by atoms with E-state index in [1.807, 2.05) is 48.7 Å². The second-order valence-corrected chi connectivity index (χ2v) is 8.95. The molecule has 0 radical (unpaired) electrons. The zero-order valence-corrected chi connectivity index (χ0v) is 23.0. The highest BCUT2D eigenvalue weighted by molar-refractivity contribution is 5.86. The van der Waals surface area contributed by atoms with Gasteiger partial charge in [0.05, 0.1) is 25.5 Å². The van der Waals surface area contributed by atoms with E-state index >= 15 is 0 Å². The number of halogens is 4. The van der Waals surface area contributed by atoms with Gasteiger partial charge in [0.15, 0.2) is 5.65 Å². The molecule has 0 aliphatic carbocycles. The van der Waals surface area contributed by atoms with Gasteiger partial charge in [0.1, 0.15) is 17.2 Å². The lowest BCUT2D eigenvalue weighted by molar-refractivity contribution is 0.0775. The number of rotatable bonds is 9. The van der Waals surface area contributed by atoms with Crippen LogP contribution in [0.25, 0.3) is 11.2 Å². The number of hydrogen-bond donors (Lipinski definition) is 0. The summed E-state index contributed by atoms with van der Waals surface area (Å²) in [7, 11) is 0. The Hall–Kier alpha value is -2.29. The largest absolute Gasteiger partial charge is 0.374 e. The van der Waals surface area contributed by atoms with Crippen molar-refractivity contribution in [2.24, 2.45) is 5.92 Å². The van der Waals surface area contributed by atoms with E-state index in [2.05, 4.69) is 19.4 Å². The molecule has 4 aromatic rings. The maximum absolute atomic E-state index is 13.4. The Kier molecular flexibility index (Phi) is 12.7. The number of piperidine rings is 1. The van der Waals surface area contributed by atoms with Crippen LogP contribution in [0.1, 0.15) is 29.9 Å². The molecule has 0 amide bonds. The normalized spacial score (nSPS) is 14.0. The summed E-state index contributed by atoms with van der Waals surface area (Å²) < 4.78 is 21.4. The van der Waals surface area contributed by atoms with Crippen molar-refractivity contribution < 1.29 is 9.13 Å². The molecule has 5 rings (SSSR count). The summed E-state index contributed by atoms with van der Waals surface area (Å²) in [5, 5.41) is 0. The van der Waals surface area contributed by atoms with E-state index in [0.29, 0.717) is 19.1 Å². The van der Waals surface area contributed by atoms with E-state index in [0.717, 1.165) is 73.7 Å². The van der Waals surface area contributed by atoms with Gasteiger partial charge in [0, 0.05) is 25.4 Å². The number of nitrogens with zero attached hydrogens (tertiary/aromatic N) is 5. The minimum absolute atomic E-state index is 0. The van der Waals surface area contributed by atoms with Crippen molar-refractivity contribution in [2.75, 3.05) is 26.2 Å². The highest BCUT2D eigenvalue weighted by atomic mass is 35.5. The number of ether oxygens (including phenoxy) is 1. The molecule has 1 fully saturated rings. The van der Waals surface area contributed by atoms with Gasteiger partial charge in [-0.25, -0.2) is 14.4 Å². The Morgan fingerprint density at radius 1 is 0.892 bits per heavy atom. The third-order valence-electron chi connectivity index (χ3n) is 6.54. The van der Waals surface area contributed by atoms with Crippen LogP contribution in [0, 0.1) is 11.7 Å². The number of aromatic nitrogens is 4. The van der Waals surface area contributed by atoms with Crippen LogP contribution in [0.5, 0.6) is 0 Å². The van der Waals surface area contributed by atoms with E-state index in [1.54, 1.807) is 6.20 Å². The highest BCUT2D eigenvalue weighted by Gasteiger charge is 2.22. The third kappa shape index (κ3) is 8.35. The topological polar surface area (TPSA) is 56.1 Å². The summed E-state index contributed by atoms with van der Waals surface area (Å²) in [6.07, 6.45) is 6.83. The van der Waals surface area contributed by atoms with Crippen LogP contribution < -0.4 is 0 Å². The fraction of sp³-hybridized carbons (Fsp3) is 0.370. The van der Waals surface area contributed by atoms with E-state index in [9.17, 15) is 4.39 Å². The zero-order valence-electron chi connectivity index (χ0n) is 20.5. The average Bonchev–Trinajstić information content (AvgIpc) is 3.21. The van der Waals surface area contributed by atoms with Gasteiger partial charge in [0.2, 0.25) is 0 Å². The monoisotopic (exact) mass is 567 g/mol. The molecule has 3 aromatic heterocycles. The molecular formula is C27H33Cl3FN5O. The summed E-state index contributed by atoms with van der Waals surface area (Å²) in [5.41, 5.74) is 3.83. The molecule has 10 heteroatoms. The maximum atomic E-state index is 13.4. The van der Waals surface area contributed by atoms with Crippen molar-refractivity contribution in [3.8, 4) is 0 Å². The lowest BCUT2D eigenvalue weighted by atomic mass is 9.93. The second-order valence-electron chi connectivity index (χ2n) is 8.95. The molecule has 37 heavy (non-hydrogen) atoms. The number of hydrogen-bond acceptors (Lipinski definition) is 5. The Balaban J connectivity index is 0.00000160. The average molecular weight is 569 g/mol. The Morgan fingerprint density at radius 3 is 2.38 bits per heavy atom. The van der Waals surface area contributed by atoms with E-state index < -0.39 is 0 Å². The number of likely N-dealkylation sites (tertiary alicyclic amines) is 1.